The number of hydrogen-bond donors (Lipinski definition) is 2. The van der Waals surface area contributed by atoms with Crippen molar-refractivity contribution >= 4 is 45.9 Å². The summed E-state index contributed by atoms with van der Waals surface area (Å²) in [6, 6.07) is 6.30. The number of carbonyl (C=O) groups excluding carboxylic acids is 3. The third-order valence-electron chi connectivity index (χ3n) is 13.6. The number of nitrogens with one attached hydrogen (secondary N) is 1. The minimum Gasteiger partial charge on any atom is -0.493 e. The van der Waals surface area contributed by atoms with Crippen molar-refractivity contribution in [3.63, 3.8) is 0 Å². The van der Waals surface area contributed by atoms with Gasteiger partial charge in [0.25, 0.3) is 11.8 Å². The molecule has 2 aliphatic rings. The predicted octanol–water partition coefficient (Wildman–Crippen LogP) is 11.3. The molecule has 0 aromatic heterocycles. The monoisotopic (exact) mass is 969 g/mol. The molecule has 16 heteroatoms. The summed E-state index contributed by atoms with van der Waals surface area (Å²) in [5, 5.41) is 2.90. The Labute approximate surface area is 404 Å². The molecule has 14 nitrogen and oxygen atoms in total. The molecule has 2 aromatic rings. The Bertz CT molecular complexity index is 2090. The Kier molecular flexibility index (Phi) is 17.8. The maximum atomic E-state index is 14.6. The highest BCUT2D eigenvalue weighted by Crippen LogP contribution is 2.42. The van der Waals surface area contributed by atoms with Crippen LogP contribution in [0.2, 0.25) is 36.3 Å². The zero-order valence-electron chi connectivity index (χ0n) is 44.0. The molecule has 0 radical (unpaired) electrons. The van der Waals surface area contributed by atoms with E-state index in [0.29, 0.717) is 93.0 Å². The van der Waals surface area contributed by atoms with Gasteiger partial charge in [-0.15, -0.1) is 0 Å². The minimum atomic E-state index is -2.09. The highest BCUT2D eigenvalue weighted by atomic mass is 28.4. The van der Waals surface area contributed by atoms with Crippen LogP contribution in [0.3, 0.4) is 0 Å². The molecule has 67 heavy (non-hydrogen) atoms. The summed E-state index contributed by atoms with van der Waals surface area (Å²) in [7, 11) is -1.05. The Morgan fingerprint density at radius 1 is 0.731 bits per heavy atom. The number of benzene rings is 2. The lowest BCUT2D eigenvalue weighted by molar-refractivity contribution is 0.0634. The van der Waals surface area contributed by atoms with E-state index in [0.717, 1.165) is 18.4 Å². The Morgan fingerprint density at radius 2 is 1.22 bits per heavy atom. The molecule has 3 amide bonds. The topological polar surface area (TPSA) is 160 Å². The van der Waals surface area contributed by atoms with Crippen LogP contribution >= 0.6 is 0 Å². The van der Waals surface area contributed by atoms with E-state index in [2.05, 4.69) is 93.5 Å². The van der Waals surface area contributed by atoms with Gasteiger partial charge < -0.3 is 48.1 Å². The minimum absolute atomic E-state index is 0.0221. The van der Waals surface area contributed by atoms with Gasteiger partial charge in [0, 0.05) is 30.9 Å². The van der Waals surface area contributed by atoms with E-state index in [-0.39, 0.29) is 50.6 Å². The zero-order valence-corrected chi connectivity index (χ0v) is 46.0. The average Bonchev–Trinajstić information content (AvgIpc) is 3.74. The van der Waals surface area contributed by atoms with Crippen molar-refractivity contribution < 1.29 is 46.9 Å². The number of carbonyl (C=O) groups is 3. The standard InChI is InChI=1S/C51H84N4O10Si2/c1-34-24-35(31-63-66(15,16)49(5,6)7)54(30-34)45(56)37-25-41(59-13)43(27-39(37)52)61-22-20-19-21-23-62-44-28-40(53-47(58)65-48(2,3)4)38(26-42(44)60-14)46(57)55-33-51(11,12)29-36(55)32-64-67(17,18)50(8,9)10/h25-28,35-36H,1,19-24,29-33,52H2,2-18H3,(H,53,58)/t35-,36-/m0/s1. The van der Waals surface area contributed by atoms with E-state index in [9.17, 15) is 14.4 Å². The van der Waals surface area contributed by atoms with Gasteiger partial charge in [-0.25, -0.2) is 4.79 Å². The van der Waals surface area contributed by atoms with Crippen LogP contribution in [0.15, 0.2) is 36.4 Å². The number of ether oxygens (including phenoxy) is 5. The van der Waals surface area contributed by atoms with E-state index in [4.69, 9.17) is 38.3 Å². The molecule has 376 valence electrons. The molecule has 2 fully saturated rings. The van der Waals surface area contributed by atoms with Crippen LogP contribution in [0.1, 0.15) is 129 Å². The van der Waals surface area contributed by atoms with Crippen LogP contribution in [0.5, 0.6) is 23.0 Å². The SMILES string of the molecule is C=C1C[C@@H](CO[Si](C)(C)C(C)(C)C)N(C(=O)c2cc(OC)c(OCCCCCOc3cc(NC(=O)OC(C)(C)C)c(C(=O)N4CC(C)(C)C[C@H]4CO[Si](C)(C)C(C)(C)C)cc3OC)cc2N)C1. The maximum Gasteiger partial charge on any atom is 0.412 e. The first-order valence-electron chi connectivity index (χ1n) is 23.8. The third-order valence-corrected chi connectivity index (χ3v) is 22.6. The molecule has 2 atom stereocenters. The molecule has 2 heterocycles. The van der Waals surface area contributed by atoms with Crippen molar-refractivity contribution in [1.82, 2.24) is 9.80 Å². The van der Waals surface area contributed by atoms with Gasteiger partial charge >= 0.3 is 6.09 Å². The third kappa shape index (κ3) is 14.6. The highest BCUT2D eigenvalue weighted by molar-refractivity contribution is 6.74. The number of nitrogens with zero attached hydrogens (tertiary/aromatic N) is 2. The van der Waals surface area contributed by atoms with Gasteiger partial charge in [0.15, 0.2) is 39.6 Å². The highest BCUT2D eigenvalue weighted by Gasteiger charge is 2.45. The molecule has 0 bridgehead atoms. The fourth-order valence-electron chi connectivity index (χ4n) is 7.71. The van der Waals surface area contributed by atoms with E-state index in [1.807, 2.05) is 9.80 Å². The summed E-state index contributed by atoms with van der Waals surface area (Å²) in [4.78, 5) is 45.4. The summed E-state index contributed by atoms with van der Waals surface area (Å²) in [6.45, 7) is 38.5. The lowest BCUT2D eigenvalue weighted by atomic mass is 9.91. The summed E-state index contributed by atoms with van der Waals surface area (Å²) >= 11 is 0. The van der Waals surface area contributed by atoms with Gasteiger partial charge in [-0.1, -0.05) is 67.5 Å². The van der Waals surface area contributed by atoms with E-state index >= 15 is 0 Å². The quantitative estimate of drug-likeness (QED) is 0.0597. The lowest BCUT2D eigenvalue weighted by Crippen LogP contribution is -2.46. The second-order valence-electron chi connectivity index (χ2n) is 23.2. The number of methoxy groups -OCH3 is 2. The summed E-state index contributed by atoms with van der Waals surface area (Å²) < 4.78 is 42.6. The average molecular weight is 969 g/mol. The molecule has 2 saturated heterocycles. The van der Waals surface area contributed by atoms with Crippen LogP contribution in [0.25, 0.3) is 0 Å². The van der Waals surface area contributed by atoms with Gasteiger partial charge in [0.05, 0.1) is 69.5 Å². The first-order chi connectivity index (χ1) is 30.8. The fraction of sp³-hybridized carbons (Fsp3) is 0.667. The number of amides is 3. The largest absolute Gasteiger partial charge is 0.493 e. The lowest BCUT2D eigenvalue weighted by Gasteiger charge is -2.38. The molecule has 0 unspecified atom stereocenters. The van der Waals surface area contributed by atoms with Crippen molar-refractivity contribution in [3.05, 3.63) is 47.5 Å². The Balaban J connectivity index is 1.42. The van der Waals surface area contributed by atoms with Crippen LogP contribution < -0.4 is 30.0 Å². The molecule has 0 aliphatic carbocycles. The van der Waals surface area contributed by atoms with Crippen LogP contribution in [-0.2, 0) is 13.6 Å². The predicted molar refractivity (Wildman–Crippen MR) is 273 cm³/mol. The Morgan fingerprint density at radius 3 is 1.73 bits per heavy atom. The number of hydrogen-bond acceptors (Lipinski definition) is 11. The van der Waals surface area contributed by atoms with Crippen LogP contribution in [0.4, 0.5) is 16.2 Å². The normalized spacial score (nSPS) is 18.0. The number of nitrogens with two attached hydrogens (primary N) is 1. The maximum absolute atomic E-state index is 14.6. The van der Waals surface area contributed by atoms with E-state index in [1.165, 1.54) is 7.11 Å². The van der Waals surface area contributed by atoms with Gasteiger partial charge in [0.1, 0.15) is 5.60 Å². The molecular weight excluding hydrogens is 885 g/mol. The summed E-state index contributed by atoms with van der Waals surface area (Å²) in [5.74, 6) is 1.18. The van der Waals surface area contributed by atoms with Crippen molar-refractivity contribution in [2.24, 2.45) is 5.41 Å². The smallest absolute Gasteiger partial charge is 0.412 e. The number of unbranched alkanes of at least 4 members (excludes halogenated alkanes) is 2. The van der Waals surface area contributed by atoms with Gasteiger partial charge in [-0.05, 0) is 107 Å². The summed E-state index contributed by atoms with van der Waals surface area (Å²) in [5.41, 5.74) is 7.79. The first kappa shape index (κ1) is 55.3. The molecule has 2 aromatic carbocycles. The van der Waals surface area contributed by atoms with Gasteiger partial charge in [0.2, 0.25) is 0 Å². The molecule has 0 spiro atoms. The number of anilines is 2. The number of rotatable bonds is 19. The van der Waals surface area contributed by atoms with Crippen LogP contribution in [-0.4, -0.2) is 116 Å². The van der Waals surface area contributed by atoms with Crippen molar-refractivity contribution in [2.75, 3.05) is 64.8 Å². The second-order valence-corrected chi connectivity index (χ2v) is 32.8. The Hall–Kier alpha value is -4.26. The fourth-order valence-corrected chi connectivity index (χ4v) is 9.79. The van der Waals surface area contributed by atoms with E-state index < -0.39 is 28.3 Å². The van der Waals surface area contributed by atoms with Crippen molar-refractivity contribution in [1.29, 1.82) is 0 Å². The van der Waals surface area contributed by atoms with E-state index in [1.54, 1.807) is 52.1 Å². The number of likely N-dealkylation sites (tertiary alicyclic amines) is 2. The van der Waals surface area contributed by atoms with Gasteiger partial charge in [-0.2, -0.15) is 0 Å². The van der Waals surface area contributed by atoms with Gasteiger partial charge in [-0.3, -0.25) is 14.9 Å². The molecule has 3 N–H and O–H groups in total. The summed E-state index contributed by atoms with van der Waals surface area (Å²) in [6.07, 6.45) is 2.91. The van der Waals surface area contributed by atoms with Crippen LogP contribution in [0, 0.1) is 5.41 Å². The molecule has 2 aliphatic heterocycles. The zero-order chi connectivity index (χ0) is 50.5. The molecule has 0 saturated carbocycles. The van der Waals surface area contributed by atoms with Crippen molar-refractivity contribution in [3.8, 4) is 23.0 Å². The number of nitrogen functional groups attached to an aromatic ring is 1. The first-order valence-corrected chi connectivity index (χ1v) is 29.6. The molecular formula is C51H84N4O10Si2. The second kappa shape index (κ2) is 21.6. The van der Waals surface area contributed by atoms with Crippen molar-refractivity contribution in [2.45, 2.75) is 162 Å². The molecule has 4 rings (SSSR count).